The molecule has 3 nitrogen and oxygen atoms in total. The van der Waals surface area contributed by atoms with Crippen molar-refractivity contribution in [2.75, 3.05) is 18.1 Å². The summed E-state index contributed by atoms with van der Waals surface area (Å²) in [5, 5.41) is 8.49. The van der Waals surface area contributed by atoms with Crippen molar-refractivity contribution in [3.8, 4) is 0 Å². The van der Waals surface area contributed by atoms with Gasteiger partial charge in [0.1, 0.15) is 6.17 Å². The Bertz CT molecular complexity index is 237. The van der Waals surface area contributed by atoms with Gasteiger partial charge >= 0.3 is 0 Å². The summed E-state index contributed by atoms with van der Waals surface area (Å²) in [5.74, 6) is -0.426. The Morgan fingerprint density at radius 3 is 2.75 bits per heavy atom. The predicted molar refractivity (Wildman–Crippen MR) is 43.4 cm³/mol. The summed E-state index contributed by atoms with van der Waals surface area (Å²) >= 11 is 0. The number of alkyl halides is 1. The molecule has 1 aliphatic rings. The van der Waals surface area contributed by atoms with Crippen LogP contribution in [0.1, 0.15) is 12.8 Å². The second kappa shape index (κ2) is 3.70. The quantitative estimate of drug-likeness (QED) is 0.683. The second-order valence-electron chi connectivity index (χ2n) is 3.22. The van der Waals surface area contributed by atoms with Gasteiger partial charge in [0.25, 0.3) is 0 Å². The number of hydrogen-bond acceptors (Lipinski definition) is 3. The molecule has 2 atom stereocenters. The van der Waals surface area contributed by atoms with Gasteiger partial charge in [0.05, 0.1) is 18.1 Å². The molecule has 1 aliphatic heterocycles. The average molecular weight is 196 g/mol. The van der Waals surface area contributed by atoms with Gasteiger partial charge in [0, 0.05) is 5.92 Å². The molecular weight excluding hydrogens is 183 g/mol. The first-order chi connectivity index (χ1) is 5.55. The van der Waals surface area contributed by atoms with Crippen LogP contribution in [-0.2, 0) is 9.84 Å². The lowest BCUT2D eigenvalue weighted by atomic mass is 10.0. The van der Waals surface area contributed by atoms with Crippen LogP contribution in [0.25, 0.3) is 0 Å². The Balaban J connectivity index is 2.58. The molecule has 12 heavy (non-hydrogen) atoms. The number of rotatable bonds is 2. The molecule has 0 aromatic carbocycles. The Kier molecular flexibility index (Phi) is 3.06. The number of aliphatic hydroxyl groups is 1. The Morgan fingerprint density at radius 1 is 1.58 bits per heavy atom. The van der Waals surface area contributed by atoms with Crippen molar-refractivity contribution in [2.24, 2.45) is 5.92 Å². The molecule has 2 unspecified atom stereocenters. The minimum absolute atomic E-state index is 0.102. The lowest BCUT2D eigenvalue weighted by molar-refractivity contribution is 0.128. The number of halogens is 1. The Labute approximate surface area is 71.5 Å². The third-order valence-corrected chi connectivity index (χ3v) is 4.03. The SMILES string of the molecule is O=S1(=O)CCCC(C(F)CO)C1. The monoisotopic (exact) mass is 196 g/mol. The first-order valence-corrected chi connectivity index (χ1v) is 5.82. The van der Waals surface area contributed by atoms with Gasteiger partial charge in [-0.1, -0.05) is 0 Å². The van der Waals surface area contributed by atoms with E-state index in [0.29, 0.717) is 12.8 Å². The van der Waals surface area contributed by atoms with E-state index < -0.39 is 28.5 Å². The second-order valence-corrected chi connectivity index (χ2v) is 5.44. The van der Waals surface area contributed by atoms with Gasteiger partial charge in [-0.05, 0) is 12.8 Å². The van der Waals surface area contributed by atoms with E-state index in [1.807, 2.05) is 0 Å². The minimum Gasteiger partial charge on any atom is -0.393 e. The fourth-order valence-electron chi connectivity index (χ4n) is 1.49. The van der Waals surface area contributed by atoms with Crippen LogP contribution in [-0.4, -0.2) is 37.8 Å². The first-order valence-electron chi connectivity index (χ1n) is 4.00. The van der Waals surface area contributed by atoms with E-state index in [1.54, 1.807) is 0 Å². The van der Waals surface area contributed by atoms with Crippen LogP contribution in [0, 0.1) is 5.92 Å². The highest BCUT2D eigenvalue weighted by molar-refractivity contribution is 7.91. The van der Waals surface area contributed by atoms with Crippen molar-refractivity contribution in [2.45, 2.75) is 19.0 Å². The highest BCUT2D eigenvalue weighted by Gasteiger charge is 2.30. The Morgan fingerprint density at radius 2 is 2.25 bits per heavy atom. The Hall–Kier alpha value is -0.160. The molecule has 1 rings (SSSR count). The van der Waals surface area contributed by atoms with Crippen molar-refractivity contribution in [1.29, 1.82) is 0 Å². The van der Waals surface area contributed by atoms with Crippen LogP contribution >= 0.6 is 0 Å². The van der Waals surface area contributed by atoms with Crippen molar-refractivity contribution >= 4 is 9.84 Å². The lowest BCUT2D eigenvalue weighted by Crippen LogP contribution is -2.32. The standard InChI is InChI=1S/C7H13FO3S/c8-7(4-9)6-2-1-3-12(10,11)5-6/h6-7,9H,1-5H2. The van der Waals surface area contributed by atoms with E-state index in [2.05, 4.69) is 0 Å². The zero-order valence-corrected chi connectivity index (χ0v) is 7.56. The summed E-state index contributed by atoms with van der Waals surface area (Å²) < 4.78 is 34.9. The fourth-order valence-corrected chi connectivity index (χ4v) is 3.29. The average Bonchev–Trinajstić information content (AvgIpc) is 2.01. The number of sulfone groups is 1. The molecule has 0 aliphatic carbocycles. The molecule has 1 saturated heterocycles. The van der Waals surface area contributed by atoms with Crippen LogP contribution in [0.2, 0.25) is 0 Å². The third-order valence-electron chi connectivity index (χ3n) is 2.18. The van der Waals surface area contributed by atoms with Crippen LogP contribution in [0.5, 0.6) is 0 Å². The van der Waals surface area contributed by atoms with E-state index in [9.17, 15) is 12.8 Å². The van der Waals surface area contributed by atoms with Gasteiger partial charge in [0.15, 0.2) is 9.84 Å². The van der Waals surface area contributed by atoms with Gasteiger partial charge in [-0.15, -0.1) is 0 Å². The van der Waals surface area contributed by atoms with Crippen molar-refractivity contribution in [3.05, 3.63) is 0 Å². The zero-order valence-electron chi connectivity index (χ0n) is 6.74. The summed E-state index contributed by atoms with van der Waals surface area (Å²) in [7, 11) is -3.04. The molecule has 5 heteroatoms. The van der Waals surface area contributed by atoms with E-state index in [-0.39, 0.29) is 11.5 Å². The molecule has 1 fully saturated rings. The first kappa shape index (κ1) is 9.92. The lowest BCUT2D eigenvalue weighted by Gasteiger charge is -2.23. The molecule has 0 aromatic heterocycles. The minimum atomic E-state index is -3.04. The maximum absolute atomic E-state index is 12.8. The molecule has 1 N–H and O–H groups in total. The van der Waals surface area contributed by atoms with Crippen LogP contribution in [0.4, 0.5) is 4.39 Å². The fraction of sp³-hybridized carbons (Fsp3) is 1.00. The zero-order chi connectivity index (χ0) is 9.19. The van der Waals surface area contributed by atoms with Crippen molar-refractivity contribution < 1.29 is 17.9 Å². The normalized spacial score (nSPS) is 31.3. The summed E-state index contributed by atoms with van der Waals surface area (Å²) in [6, 6.07) is 0. The number of aliphatic hydroxyl groups excluding tert-OH is 1. The van der Waals surface area contributed by atoms with Gasteiger partial charge in [0.2, 0.25) is 0 Å². The summed E-state index contributed by atoms with van der Waals surface area (Å²) in [6.45, 7) is -0.569. The van der Waals surface area contributed by atoms with Gasteiger partial charge in [-0.2, -0.15) is 0 Å². The highest BCUT2D eigenvalue weighted by Crippen LogP contribution is 2.22. The van der Waals surface area contributed by atoms with E-state index >= 15 is 0 Å². The van der Waals surface area contributed by atoms with Crippen LogP contribution in [0.3, 0.4) is 0 Å². The molecule has 0 aromatic rings. The number of hydrogen-bond donors (Lipinski definition) is 1. The smallest absolute Gasteiger partial charge is 0.150 e. The predicted octanol–water partition coefficient (Wildman–Crippen LogP) is 0.142. The third kappa shape index (κ3) is 2.42. The molecule has 72 valence electrons. The summed E-state index contributed by atoms with van der Waals surface area (Å²) in [4.78, 5) is 0. The summed E-state index contributed by atoms with van der Waals surface area (Å²) in [6.07, 6.45) is -0.283. The summed E-state index contributed by atoms with van der Waals surface area (Å²) in [5.41, 5.74) is 0. The highest BCUT2D eigenvalue weighted by atomic mass is 32.2. The van der Waals surface area contributed by atoms with Crippen molar-refractivity contribution in [3.63, 3.8) is 0 Å². The maximum atomic E-state index is 12.8. The van der Waals surface area contributed by atoms with Gasteiger partial charge in [-0.3, -0.25) is 0 Å². The molecule has 0 saturated carbocycles. The van der Waals surface area contributed by atoms with Crippen LogP contribution < -0.4 is 0 Å². The topological polar surface area (TPSA) is 54.4 Å². The van der Waals surface area contributed by atoms with E-state index in [4.69, 9.17) is 5.11 Å². The van der Waals surface area contributed by atoms with E-state index in [0.717, 1.165) is 0 Å². The molecule has 0 radical (unpaired) electrons. The maximum Gasteiger partial charge on any atom is 0.150 e. The van der Waals surface area contributed by atoms with Gasteiger partial charge < -0.3 is 5.11 Å². The molecule has 0 spiro atoms. The van der Waals surface area contributed by atoms with E-state index in [1.165, 1.54) is 0 Å². The van der Waals surface area contributed by atoms with Gasteiger partial charge in [-0.25, -0.2) is 12.8 Å². The largest absolute Gasteiger partial charge is 0.393 e. The van der Waals surface area contributed by atoms with Crippen molar-refractivity contribution in [1.82, 2.24) is 0 Å². The molecule has 1 heterocycles. The molecule has 0 amide bonds. The molecule has 0 bridgehead atoms. The molecular formula is C7H13FO3S. The van der Waals surface area contributed by atoms with Crippen LogP contribution in [0.15, 0.2) is 0 Å².